The number of halogens is 4. The lowest BCUT2D eigenvalue weighted by Crippen LogP contribution is -2.41. The van der Waals surface area contributed by atoms with Crippen LogP contribution in [0.25, 0.3) is 10.8 Å². The number of aryl methyl sites for hydroxylation is 1. The second kappa shape index (κ2) is 9.40. The van der Waals surface area contributed by atoms with Crippen molar-refractivity contribution in [1.29, 1.82) is 0 Å². The van der Waals surface area contributed by atoms with E-state index in [1.165, 1.54) is 43.8 Å². The molecule has 3 heterocycles. The van der Waals surface area contributed by atoms with Crippen molar-refractivity contribution in [2.75, 3.05) is 18.4 Å². The van der Waals surface area contributed by atoms with Crippen LogP contribution < -0.4 is 16.4 Å². The van der Waals surface area contributed by atoms with Crippen molar-refractivity contribution in [2.24, 2.45) is 7.05 Å². The second-order valence-electron chi connectivity index (χ2n) is 8.96. The molecule has 0 radical (unpaired) electrons. The highest BCUT2D eigenvalue weighted by Gasteiger charge is 2.35. The Hall–Kier alpha value is -3.70. The molecule has 1 saturated heterocycles. The molecule has 0 aliphatic carbocycles. The van der Waals surface area contributed by atoms with Gasteiger partial charge in [0.05, 0.1) is 23.0 Å². The number of benzene rings is 1. The van der Waals surface area contributed by atoms with Crippen molar-refractivity contribution in [3.05, 3.63) is 68.1 Å². The van der Waals surface area contributed by atoms with Crippen molar-refractivity contribution in [3.8, 4) is 0 Å². The number of carbonyl (C=O) groups excluding carboxylic acids is 1. The lowest BCUT2D eigenvalue weighted by atomic mass is 10.0. The third-order valence-corrected chi connectivity index (χ3v) is 6.50. The zero-order valence-corrected chi connectivity index (χ0v) is 19.9. The number of piperidine rings is 1. The van der Waals surface area contributed by atoms with E-state index in [0.29, 0.717) is 32.0 Å². The van der Waals surface area contributed by atoms with Gasteiger partial charge in [0, 0.05) is 50.3 Å². The van der Waals surface area contributed by atoms with Crippen LogP contribution in [-0.4, -0.2) is 38.2 Å². The maximum absolute atomic E-state index is 14.7. The number of anilines is 1. The van der Waals surface area contributed by atoms with Crippen LogP contribution in [0.1, 0.15) is 49.9 Å². The maximum Gasteiger partial charge on any atom is 0.419 e. The van der Waals surface area contributed by atoms with E-state index in [2.05, 4.69) is 10.4 Å². The number of fused-ring (bicyclic) bond motifs is 1. The zero-order valence-electron chi connectivity index (χ0n) is 19.9. The molecule has 0 spiro atoms. The summed E-state index contributed by atoms with van der Waals surface area (Å²) in [5, 5.41) is 7.43. The topological polar surface area (TPSA) is 89.2 Å². The number of carbonyl (C=O) groups is 1. The minimum atomic E-state index is -4.86. The summed E-state index contributed by atoms with van der Waals surface area (Å²) in [6.45, 7) is 3.84. The van der Waals surface area contributed by atoms with Gasteiger partial charge in [-0.1, -0.05) is 12.1 Å². The summed E-state index contributed by atoms with van der Waals surface area (Å²) < 4.78 is 56.8. The smallest absolute Gasteiger partial charge is 0.361 e. The molecule has 192 valence electrons. The quantitative estimate of drug-likeness (QED) is 0.545. The molecule has 3 aromatic rings. The number of nitrogens with zero attached hydrogens (tertiary/aromatic N) is 4. The molecule has 2 atom stereocenters. The lowest BCUT2D eigenvalue weighted by molar-refractivity contribution is -0.140. The molecule has 1 N–H and O–H groups in total. The Balaban J connectivity index is 1.79. The third-order valence-electron chi connectivity index (χ3n) is 6.50. The van der Waals surface area contributed by atoms with E-state index >= 15 is 0 Å². The van der Waals surface area contributed by atoms with Crippen LogP contribution in [0.5, 0.6) is 0 Å². The van der Waals surface area contributed by atoms with Gasteiger partial charge in [-0.3, -0.25) is 14.4 Å². The molecular formula is C24H25F4N5O3. The van der Waals surface area contributed by atoms with Gasteiger partial charge in [-0.05, 0) is 25.8 Å². The van der Waals surface area contributed by atoms with Gasteiger partial charge in [0.15, 0.2) is 5.82 Å². The van der Waals surface area contributed by atoms with Crippen molar-refractivity contribution < 1.29 is 22.4 Å². The van der Waals surface area contributed by atoms with Gasteiger partial charge in [0.1, 0.15) is 5.82 Å². The van der Waals surface area contributed by atoms with Crippen LogP contribution in [0.2, 0.25) is 0 Å². The standard InChI is InChI=1S/C24H25F4N5O3/c1-13(16-7-4-8-19(21(16)25)24(26,27)28)29-22-18-12-33(15-6-5-9-32(11-15)14(2)34)20(35)10-17(18)23(36)31(3)30-22/h4,7-8,10,12-13,15H,5-6,9,11H2,1-3H3,(H,29,30)/t13-,15?/m1/s1. The molecule has 1 unspecified atom stereocenters. The van der Waals surface area contributed by atoms with E-state index in [1.54, 1.807) is 4.90 Å². The van der Waals surface area contributed by atoms with E-state index in [1.807, 2.05) is 0 Å². The first-order valence-electron chi connectivity index (χ1n) is 11.4. The van der Waals surface area contributed by atoms with Crippen LogP contribution >= 0.6 is 0 Å². The summed E-state index contributed by atoms with van der Waals surface area (Å²) in [5.74, 6) is -1.41. The van der Waals surface area contributed by atoms with Crippen LogP contribution in [0.15, 0.2) is 40.1 Å². The minimum absolute atomic E-state index is 0.0622. The van der Waals surface area contributed by atoms with Crippen LogP contribution in [0, 0.1) is 5.82 Å². The van der Waals surface area contributed by atoms with E-state index in [4.69, 9.17) is 0 Å². The van der Waals surface area contributed by atoms with E-state index < -0.39 is 34.7 Å². The van der Waals surface area contributed by atoms with Crippen molar-refractivity contribution in [2.45, 2.75) is 44.9 Å². The van der Waals surface area contributed by atoms with Crippen LogP contribution in [0.3, 0.4) is 0 Å². The SMILES string of the molecule is CC(=O)N1CCCC(n2cc3c(N[C@H](C)c4cccc(C(F)(F)F)c4F)nn(C)c(=O)c3cc2=O)C1. The molecule has 2 aromatic heterocycles. The average Bonchev–Trinajstić information content (AvgIpc) is 2.81. The maximum atomic E-state index is 14.7. The molecule has 1 amide bonds. The predicted molar refractivity (Wildman–Crippen MR) is 125 cm³/mol. The summed E-state index contributed by atoms with van der Waals surface area (Å²) in [6.07, 6.45) is -2.05. The summed E-state index contributed by atoms with van der Waals surface area (Å²) in [5.41, 5.74) is -2.57. The largest absolute Gasteiger partial charge is 0.419 e. The second-order valence-corrected chi connectivity index (χ2v) is 8.96. The molecule has 12 heteroatoms. The zero-order chi connectivity index (χ0) is 26.4. The Kier molecular flexibility index (Phi) is 6.63. The molecule has 0 bridgehead atoms. The number of rotatable bonds is 4. The molecule has 0 saturated carbocycles. The number of amides is 1. The fourth-order valence-corrected chi connectivity index (χ4v) is 4.58. The van der Waals surface area contributed by atoms with Crippen molar-refractivity contribution in [1.82, 2.24) is 19.2 Å². The van der Waals surface area contributed by atoms with Gasteiger partial charge in [-0.25, -0.2) is 9.07 Å². The molecule has 4 rings (SSSR count). The summed E-state index contributed by atoms with van der Waals surface area (Å²) in [4.78, 5) is 39.1. The first-order valence-corrected chi connectivity index (χ1v) is 11.4. The lowest BCUT2D eigenvalue weighted by Gasteiger charge is -2.33. The Morgan fingerprint density at radius 3 is 2.61 bits per heavy atom. The summed E-state index contributed by atoms with van der Waals surface area (Å²) in [6, 6.07) is 2.93. The van der Waals surface area contributed by atoms with E-state index in [9.17, 15) is 31.9 Å². The van der Waals surface area contributed by atoms with Gasteiger partial charge < -0.3 is 14.8 Å². The average molecular weight is 507 g/mol. The van der Waals surface area contributed by atoms with Gasteiger partial charge in [0.25, 0.3) is 11.1 Å². The summed E-state index contributed by atoms with van der Waals surface area (Å²) in [7, 11) is 1.37. The highest BCUT2D eigenvalue weighted by atomic mass is 19.4. The van der Waals surface area contributed by atoms with Gasteiger partial charge >= 0.3 is 6.18 Å². The third kappa shape index (κ3) is 4.71. The Morgan fingerprint density at radius 1 is 1.22 bits per heavy atom. The Bertz CT molecular complexity index is 1450. The number of hydrogen-bond acceptors (Lipinski definition) is 5. The minimum Gasteiger partial charge on any atom is -0.361 e. The molecule has 1 fully saturated rings. The number of hydrogen-bond donors (Lipinski definition) is 1. The van der Waals surface area contributed by atoms with E-state index in [0.717, 1.165) is 10.7 Å². The first kappa shape index (κ1) is 25.4. The van der Waals surface area contributed by atoms with Crippen molar-refractivity contribution >= 4 is 22.5 Å². The molecular weight excluding hydrogens is 482 g/mol. The molecule has 36 heavy (non-hydrogen) atoms. The van der Waals surface area contributed by atoms with Gasteiger partial charge in [0.2, 0.25) is 5.91 Å². The molecule has 8 nitrogen and oxygen atoms in total. The van der Waals surface area contributed by atoms with Crippen LogP contribution in [-0.2, 0) is 18.0 Å². The normalized spacial score (nSPS) is 17.3. The number of nitrogens with one attached hydrogen (secondary N) is 1. The Morgan fingerprint density at radius 2 is 1.94 bits per heavy atom. The number of pyridine rings is 1. The monoisotopic (exact) mass is 507 g/mol. The predicted octanol–water partition coefficient (Wildman–Crippen LogP) is 3.61. The van der Waals surface area contributed by atoms with Crippen LogP contribution in [0.4, 0.5) is 23.4 Å². The summed E-state index contributed by atoms with van der Waals surface area (Å²) >= 11 is 0. The Labute approximate surface area is 203 Å². The van der Waals surface area contributed by atoms with Gasteiger partial charge in [-0.2, -0.15) is 18.3 Å². The number of likely N-dealkylation sites (tertiary alicyclic amines) is 1. The highest BCUT2D eigenvalue weighted by molar-refractivity contribution is 5.90. The first-order chi connectivity index (χ1) is 16.9. The van der Waals surface area contributed by atoms with E-state index in [-0.39, 0.29) is 34.1 Å². The van der Waals surface area contributed by atoms with Crippen molar-refractivity contribution in [3.63, 3.8) is 0 Å². The molecule has 1 aliphatic rings. The number of aromatic nitrogens is 3. The molecule has 1 aromatic carbocycles. The molecule has 1 aliphatic heterocycles. The fourth-order valence-electron chi connectivity index (χ4n) is 4.58. The van der Waals surface area contributed by atoms with Gasteiger partial charge in [-0.15, -0.1) is 0 Å². The number of alkyl halides is 3. The fraction of sp³-hybridized carbons (Fsp3) is 0.417. The highest BCUT2D eigenvalue weighted by Crippen LogP contribution is 2.35.